The summed E-state index contributed by atoms with van der Waals surface area (Å²) < 4.78 is 4.84. The summed E-state index contributed by atoms with van der Waals surface area (Å²) >= 11 is 1.51. The van der Waals surface area contributed by atoms with Crippen molar-refractivity contribution in [2.75, 3.05) is 18.9 Å². The largest absolute Gasteiger partial charge is 0.360 e. The van der Waals surface area contributed by atoms with Gasteiger partial charge < -0.3 is 14.7 Å². The Hall–Kier alpha value is -2.48. The number of rotatable bonds is 5. The average molecular weight is 320 g/mol. The maximum atomic E-state index is 11.9. The van der Waals surface area contributed by atoms with Crippen LogP contribution in [-0.4, -0.2) is 40.4 Å². The normalized spacial score (nSPS) is 10.9. The van der Waals surface area contributed by atoms with Gasteiger partial charge >= 0.3 is 0 Å². The van der Waals surface area contributed by atoms with Gasteiger partial charge in [0.05, 0.1) is 17.2 Å². The number of aryl methyl sites for hydroxylation is 2. The highest BCUT2D eigenvalue weighted by atomic mass is 32.1. The molecule has 0 radical (unpaired) electrons. The zero-order valence-electron chi connectivity index (χ0n) is 12.5. The van der Waals surface area contributed by atoms with Crippen molar-refractivity contribution >= 4 is 35.0 Å². The molecular formula is C14H16N4O3S. The van der Waals surface area contributed by atoms with Gasteiger partial charge in [-0.15, -0.1) is 11.3 Å². The monoisotopic (exact) mass is 320 g/mol. The van der Waals surface area contributed by atoms with Crippen LogP contribution in [0, 0.1) is 13.8 Å². The highest BCUT2D eigenvalue weighted by molar-refractivity contribution is 7.09. The van der Waals surface area contributed by atoms with Crippen LogP contribution in [0.2, 0.25) is 0 Å². The van der Waals surface area contributed by atoms with Gasteiger partial charge in [0.15, 0.2) is 5.82 Å². The lowest BCUT2D eigenvalue weighted by Crippen LogP contribution is -2.33. The van der Waals surface area contributed by atoms with Crippen LogP contribution in [-0.2, 0) is 9.59 Å². The van der Waals surface area contributed by atoms with E-state index in [1.807, 2.05) is 12.3 Å². The zero-order chi connectivity index (χ0) is 16.1. The van der Waals surface area contributed by atoms with E-state index in [0.717, 1.165) is 10.7 Å². The molecule has 0 aromatic carbocycles. The van der Waals surface area contributed by atoms with Crippen molar-refractivity contribution in [3.63, 3.8) is 0 Å². The topological polar surface area (TPSA) is 88.3 Å². The van der Waals surface area contributed by atoms with E-state index in [2.05, 4.69) is 15.5 Å². The highest BCUT2D eigenvalue weighted by Crippen LogP contribution is 2.09. The Kier molecular flexibility index (Phi) is 5.05. The van der Waals surface area contributed by atoms with Crippen molar-refractivity contribution in [2.45, 2.75) is 13.8 Å². The Bertz CT molecular complexity index is 705. The molecule has 116 valence electrons. The van der Waals surface area contributed by atoms with E-state index in [1.54, 1.807) is 26.1 Å². The van der Waals surface area contributed by atoms with Gasteiger partial charge in [0, 0.05) is 24.6 Å². The Morgan fingerprint density at radius 1 is 1.45 bits per heavy atom. The second kappa shape index (κ2) is 6.99. The molecule has 1 N–H and O–H groups in total. The number of aromatic nitrogens is 2. The Labute approximate surface area is 131 Å². The Balaban J connectivity index is 1.85. The molecule has 0 atom stereocenters. The SMILES string of the molecule is Cc1cc(NC(=O)CN(C)C(=O)/C=C/c2csc(C)n2)no1. The van der Waals surface area contributed by atoms with Crippen LogP contribution in [0.25, 0.3) is 6.08 Å². The average Bonchev–Trinajstić information content (AvgIpc) is 3.04. The van der Waals surface area contributed by atoms with Crippen LogP contribution >= 0.6 is 11.3 Å². The van der Waals surface area contributed by atoms with Gasteiger partial charge in [0.1, 0.15) is 5.76 Å². The van der Waals surface area contributed by atoms with Crippen LogP contribution in [0.4, 0.5) is 5.82 Å². The number of nitrogens with zero attached hydrogens (tertiary/aromatic N) is 3. The lowest BCUT2D eigenvalue weighted by Gasteiger charge is -2.13. The smallest absolute Gasteiger partial charge is 0.246 e. The van der Waals surface area contributed by atoms with Gasteiger partial charge in [-0.05, 0) is 19.9 Å². The molecule has 0 saturated heterocycles. The summed E-state index contributed by atoms with van der Waals surface area (Å²) in [4.78, 5) is 29.2. The lowest BCUT2D eigenvalue weighted by atomic mass is 10.3. The first-order chi connectivity index (χ1) is 10.4. The van der Waals surface area contributed by atoms with Crippen molar-refractivity contribution < 1.29 is 14.1 Å². The predicted molar refractivity (Wildman–Crippen MR) is 83.4 cm³/mol. The number of carbonyl (C=O) groups excluding carboxylic acids is 2. The van der Waals surface area contributed by atoms with E-state index >= 15 is 0 Å². The second-order valence-electron chi connectivity index (χ2n) is 4.69. The number of hydrogen-bond acceptors (Lipinski definition) is 6. The Morgan fingerprint density at radius 2 is 2.23 bits per heavy atom. The van der Waals surface area contributed by atoms with Gasteiger partial charge in [0.25, 0.3) is 0 Å². The fraction of sp³-hybridized carbons (Fsp3) is 0.286. The number of likely N-dealkylation sites (N-methyl/N-ethyl adjacent to an activating group) is 1. The maximum Gasteiger partial charge on any atom is 0.246 e. The number of thiazole rings is 1. The van der Waals surface area contributed by atoms with E-state index in [4.69, 9.17) is 4.52 Å². The van der Waals surface area contributed by atoms with Crippen molar-refractivity contribution in [3.8, 4) is 0 Å². The minimum atomic E-state index is -0.345. The van der Waals surface area contributed by atoms with Crippen LogP contribution in [0.1, 0.15) is 16.5 Å². The van der Waals surface area contributed by atoms with Crippen LogP contribution in [0.3, 0.4) is 0 Å². The molecule has 0 unspecified atom stereocenters. The molecule has 8 heteroatoms. The molecule has 2 aromatic rings. The molecular weight excluding hydrogens is 304 g/mol. The van der Waals surface area contributed by atoms with Crippen molar-refractivity contribution in [1.82, 2.24) is 15.0 Å². The van der Waals surface area contributed by atoms with E-state index in [-0.39, 0.29) is 18.4 Å². The third-order valence-electron chi connectivity index (χ3n) is 2.69. The zero-order valence-corrected chi connectivity index (χ0v) is 13.3. The molecule has 0 bridgehead atoms. The molecule has 0 spiro atoms. The third kappa shape index (κ3) is 4.52. The van der Waals surface area contributed by atoms with Gasteiger partial charge in [-0.2, -0.15) is 0 Å². The Morgan fingerprint density at radius 3 is 2.82 bits per heavy atom. The number of nitrogens with one attached hydrogen (secondary N) is 1. The first-order valence-electron chi connectivity index (χ1n) is 6.52. The minimum absolute atomic E-state index is 0.0782. The second-order valence-corrected chi connectivity index (χ2v) is 5.75. The minimum Gasteiger partial charge on any atom is -0.360 e. The summed E-state index contributed by atoms with van der Waals surface area (Å²) in [5, 5.41) is 9.00. The van der Waals surface area contributed by atoms with Gasteiger partial charge in [-0.3, -0.25) is 9.59 Å². The molecule has 0 aliphatic heterocycles. The van der Waals surface area contributed by atoms with E-state index in [9.17, 15) is 9.59 Å². The van der Waals surface area contributed by atoms with Crippen LogP contribution < -0.4 is 5.32 Å². The summed E-state index contributed by atoms with van der Waals surface area (Å²) in [6, 6.07) is 1.60. The quantitative estimate of drug-likeness (QED) is 0.850. The molecule has 0 fully saturated rings. The number of amides is 2. The molecule has 7 nitrogen and oxygen atoms in total. The fourth-order valence-electron chi connectivity index (χ4n) is 1.64. The van der Waals surface area contributed by atoms with Gasteiger partial charge in [0.2, 0.25) is 11.8 Å². The van der Waals surface area contributed by atoms with E-state index < -0.39 is 0 Å². The third-order valence-corrected chi connectivity index (χ3v) is 3.48. The molecule has 2 amide bonds. The first kappa shape index (κ1) is 15.9. The summed E-state index contributed by atoms with van der Waals surface area (Å²) in [5.74, 6) is 0.303. The van der Waals surface area contributed by atoms with Crippen LogP contribution in [0.15, 0.2) is 22.0 Å². The highest BCUT2D eigenvalue weighted by Gasteiger charge is 2.12. The van der Waals surface area contributed by atoms with Crippen molar-refractivity contribution in [3.05, 3.63) is 34.0 Å². The van der Waals surface area contributed by atoms with E-state index in [0.29, 0.717) is 11.6 Å². The molecule has 0 aliphatic carbocycles. The van der Waals surface area contributed by atoms with Crippen LogP contribution in [0.5, 0.6) is 0 Å². The van der Waals surface area contributed by atoms with Crippen molar-refractivity contribution in [2.24, 2.45) is 0 Å². The molecule has 2 rings (SSSR count). The first-order valence-corrected chi connectivity index (χ1v) is 7.40. The number of carbonyl (C=O) groups is 2. The summed E-state index contributed by atoms with van der Waals surface area (Å²) in [6.45, 7) is 3.54. The van der Waals surface area contributed by atoms with Crippen molar-refractivity contribution in [1.29, 1.82) is 0 Å². The fourth-order valence-corrected chi connectivity index (χ4v) is 2.22. The molecule has 2 heterocycles. The molecule has 2 aromatic heterocycles. The maximum absolute atomic E-state index is 11.9. The number of hydrogen-bond donors (Lipinski definition) is 1. The van der Waals surface area contributed by atoms with Gasteiger partial charge in [-0.1, -0.05) is 5.16 Å². The predicted octanol–water partition coefficient (Wildman–Crippen LogP) is 1.86. The summed E-state index contributed by atoms with van der Waals surface area (Å²) in [5.41, 5.74) is 0.728. The summed E-state index contributed by atoms with van der Waals surface area (Å²) in [7, 11) is 1.55. The molecule has 22 heavy (non-hydrogen) atoms. The molecule has 0 saturated carbocycles. The standard InChI is InChI=1S/C14H16N4O3S/c1-9-6-12(17-21-9)16-13(19)7-18(3)14(20)5-4-11-8-22-10(2)15-11/h4-6,8H,7H2,1-3H3,(H,16,17,19)/b5-4+. The van der Waals surface area contributed by atoms with E-state index in [1.165, 1.54) is 22.3 Å². The number of anilines is 1. The van der Waals surface area contributed by atoms with Gasteiger partial charge in [-0.25, -0.2) is 4.98 Å². The molecule has 0 aliphatic rings. The summed E-state index contributed by atoms with van der Waals surface area (Å²) in [6.07, 6.45) is 3.02. The lowest BCUT2D eigenvalue weighted by molar-refractivity contribution is -0.129.